The minimum absolute atomic E-state index is 0.0834. The van der Waals surface area contributed by atoms with E-state index < -0.39 is 41.4 Å². The molecule has 2 fully saturated rings. The van der Waals surface area contributed by atoms with Crippen LogP contribution >= 0.6 is 23.2 Å². The Balaban J connectivity index is 1.67. The lowest BCUT2D eigenvalue weighted by Gasteiger charge is -2.37. The Kier molecular flexibility index (Phi) is 7.15. The van der Waals surface area contributed by atoms with E-state index in [1.807, 2.05) is 6.07 Å². The molecule has 2 aromatic rings. The third-order valence-electron chi connectivity index (χ3n) is 8.36. The highest BCUT2D eigenvalue weighted by Gasteiger charge is 2.65. The van der Waals surface area contributed by atoms with Crippen molar-refractivity contribution in [2.24, 2.45) is 11.3 Å². The standard InChI is InChI=1S/C29H33Cl2FN2O4/c1-28(2,3)13-24-29(17-6-5-16(30)12-20(17)33-27(29)38)25(15-4-7-19(32)18(31)11-15)26(34-24)23(37)10-14-8-21(35)22(36)9-14/h4-7,11-12,14,21-22,24-26,34-36H,8-10,13H2,1-3H3,(H,33,38)/t14?,21-,22+,24-,25+,26+,29+/m1/s1. The molecule has 4 N–H and O–H groups in total. The molecule has 0 aromatic heterocycles. The molecule has 2 heterocycles. The van der Waals surface area contributed by atoms with E-state index in [1.54, 1.807) is 18.2 Å². The molecule has 1 amide bonds. The van der Waals surface area contributed by atoms with Gasteiger partial charge in [0.2, 0.25) is 5.91 Å². The van der Waals surface area contributed by atoms with Crippen molar-refractivity contribution < 1.29 is 24.2 Å². The molecule has 1 aliphatic carbocycles. The monoisotopic (exact) mass is 562 g/mol. The van der Waals surface area contributed by atoms with Crippen molar-refractivity contribution in [2.45, 2.75) is 82.1 Å². The predicted octanol–water partition coefficient (Wildman–Crippen LogP) is 4.97. The first kappa shape index (κ1) is 27.5. The zero-order valence-electron chi connectivity index (χ0n) is 21.6. The Labute approximate surface area is 231 Å². The summed E-state index contributed by atoms with van der Waals surface area (Å²) in [5.74, 6) is -1.80. The van der Waals surface area contributed by atoms with Gasteiger partial charge in [0.25, 0.3) is 0 Å². The van der Waals surface area contributed by atoms with Gasteiger partial charge in [0.05, 0.1) is 23.3 Å². The quantitative estimate of drug-likeness (QED) is 0.412. The van der Waals surface area contributed by atoms with Gasteiger partial charge >= 0.3 is 0 Å². The van der Waals surface area contributed by atoms with Gasteiger partial charge in [-0.3, -0.25) is 9.59 Å². The van der Waals surface area contributed by atoms with Crippen LogP contribution in [0.15, 0.2) is 36.4 Å². The van der Waals surface area contributed by atoms with Gasteiger partial charge in [-0.2, -0.15) is 0 Å². The van der Waals surface area contributed by atoms with Gasteiger partial charge in [-0.15, -0.1) is 0 Å². The van der Waals surface area contributed by atoms with E-state index >= 15 is 0 Å². The summed E-state index contributed by atoms with van der Waals surface area (Å²) >= 11 is 12.5. The van der Waals surface area contributed by atoms with E-state index in [-0.39, 0.29) is 34.5 Å². The first-order chi connectivity index (χ1) is 17.8. The lowest BCUT2D eigenvalue weighted by molar-refractivity contribution is -0.123. The third-order valence-corrected chi connectivity index (χ3v) is 8.88. The Hall–Kier alpha value is -2.03. The topological polar surface area (TPSA) is 98.7 Å². The van der Waals surface area contributed by atoms with Crippen molar-refractivity contribution in [3.63, 3.8) is 0 Å². The number of rotatable bonds is 5. The number of hydrogen-bond donors (Lipinski definition) is 4. The molecule has 1 unspecified atom stereocenters. The summed E-state index contributed by atoms with van der Waals surface area (Å²) in [5, 5.41) is 27.0. The van der Waals surface area contributed by atoms with Gasteiger partial charge in [-0.05, 0) is 66.0 Å². The number of fused-ring (bicyclic) bond motifs is 2. The van der Waals surface area contributed by atoms with Crippen molar-refractivity contribution in [1.29, 1.82) is 0 Å². The molecule has 0 bridgehead atoms. The first-order valence-electron chi connectivity index (χ1n) is 13.0. The SMILES string of the molecule is CC(C)(C)C[C@H]1N[C@@H](C(=O)CC2C[C@@H](O)[C@@H](O)C2)[C@H](c2ccc(F)c(Cl)c2)[C@@]12C(=O)Nc1cc(Cl)ccc12. The van der Waals surface area contributed by atoms with E-state index in [2.05, 4.69) is 31.4 Å². The lowest BCUT2D eigenvalue weighted by atomic mass is 9.62. The third kappa shape index (κ3) is 4.66. The molecule has 2 aromatic carbocycles. The number of ketones is 1. The minimum atomic E-state index is -1.18. The Morgan fingerprint density at radius 2 is 1.79 bits per heavy atom. The van der Waals surface area contributed by atoms with Crippen molar-refractivity contribution in [3.05, 3.63) is 63.4 Å². The number of carbonyl (C=O) groups excluding carboxylic acids is 2. The zero-order valence-corrected chi connectivity index (χ0v) is 23.1. The Morgan fingerprint density at radius 1 is 1.11 bits per heavy atom. The van der Waals surface area contributed by atoms with Crippen LogP contribution in [0, 0.1) is 17.2 Å². The van der Waals surface area contributed by atoms with E-state index in [4.69, 9.17) is 23.2 Å². The molecule has 9 heteroatoms. The number of nitrogens with one attached hydrogen (secondary N) is 2. The van der Waals surface area contributed by atoms with Gasteiger partial charge in [-0.1, -0.05) is 56.1 Å². The maximum absolute atomic E-state index is 14.3. The number of amides is 1. The molecular weight excluding hydrogens is 530 g/mol. The molecule has 38 heavy (non-hydrogen) atoms. The highest BCUT2D eigenvalue weighted by atomic mass is 35.5. The number of anilines is 1. The summed E-state index contributed by atoms with van der Waals surface area (Å²) in [4.78, 5) is 28.1. The summed E-state index contributed by atoms with van der Waals surface area (Å²) in [6.45, 7) is 6.24. The molecule has 1 saturated carbocycles. The minimum Gasteiger partial charge on any atom is -0.390 e. The number of halogens is 3. The van der Waals surface area contributed by atoms with Crippen LogP contribution in [0.1, 0.15) is 63.5 Å². The Morgan fingerprint density at radius 3 is 2.42 bits per heavy atom. The highest BCUT2D eigenvalue weighted by Crippen LogP contribution is 2.57. The number of carbonyl (C=O) groups is 2. The molecule has 204 valence electrons. The number of hydrogen-bond acceptors (Lipinski definition) is 5. The van der Waals surface area contributed by atoms with Crippen LogP contribution in [0.5, 0.6) is 0 Å². The average molecular weight is 563 g/mol. The maximum Gasteiger partial charge on any atom is 0.237 e. The predicted molar refractivity (Wildman–Crippen MR) is 145 cm³/mol. The van der Waals surface area contributed by atoms with Crippen LogP contribution in [-0.2, 0) is 15.0 Å². The molecule has 6 nitrogen and oxygen atoms in total. The fourth-order valence-corrected chi connectivity index (χ4v) is 7.21. The van der Waals surface area contributed by atoms with Crippen LogP contribution in [0.2, 0.25) is 10.0 Å². The largest absolute Gasteiger partial charge is 0.390 e. The van der Waals surface area contributed by atoms with Gasteiger partial charge in [0, 0.05) is 29.1 Å². The van der Waals surface area contributed by atoms with E-state index in [1.165, 1.54) is 12.1 Å². The molecule has 1 spiro atoms. The van der Waals surface area contributed by atoms with Crippen LogP contribution in [0.4, 0.5) is 10.1 Å². The van der Waals surface area contributed by atoms with Crippen molar-refractivity contribution >= 4 is 40.6 Å². The normalized spacial score (nSPS) is 32.6. The molecular formula is C29H33Cl2FN2O4. The molecule has 5 rings (SSSR count). The Bertz CT molecular complexity index is 1270. The molecule has 2 aliphatic heterocycles. The van der Waals surface area contributed by atoms with Crippen molar-refractivity contribution in [3.8, 4) is 0 Å². The summed E-state index contributed by atoms with van der Waals surface area (Å²) < 4.78 is 14.3. The fourth-order valence-electron chi connectivity index (χ4n) is 6.85. The number of benzene rings is 2. The van der Waals surface area contributed by atoms with Crippen LogP contribution in [0.3, 0.4) is 0 Å². The van der Waals surface area contributed by atoms with Gasteiger partial charge < -0.3 is 20.8 Å². The highest BCUT2D eigenvalue weighted by molar-refractivity contribution is 6.31. The summed E-state index contributed by atoms with van der Waals surface area (Å²) in [6, 6.07) is 8.46. The van der Waals surface area contributed by atoms with Crippen molar-refractivity contribution in [2.75, 3.05) is 5.32 Å². The van der Waals surface area contributed by atoms with Gasteiger partial charge in [0.15, 0.2) is 5.78 Å². The van der Waals surface area contributed by atoms with Crippen LogP contribution in [-0.4, -0.2) is 46.2 Å². The lowest BCUT2D eigenvalue weighted by Crippen LogP contribution is -2.49. The number of aliphatic hydroxyl groups excluding tert-OH is 2. The number of Topliss-reactive ketones (excluding diaryl/α,β-unsaturated/α-hetero) is 1. The number of aliphatic hydroxyl groups is 2. The maximum atomic E-state index is 14.3. The summed E-state index contributed by atoms with van der Waals surface area (Å²) in [5.41, 5.74) is 0.548. The first-order valence-corrected chi connectivity index (χ1v) is 13.8. The zero-order chi connectivity index (χ0) is 27.6. The summed E-state index contributed by atoms with van der Waals surface area (Å²) in [7, 11) is 0. The molecule has 1 saturated heterocycles. The van der Waals surface area contributed by atoms with Crippen molar-refractivity contribution in [1.82, 2.24) is 5.32 Å². The van der Waals surface area contributed by atoms with Gasteiger partial charge in [-0.25, -0.2) is 4.39 Å². The van der Waals surface area contributed by atoms with E-state index in [9.17, 15) is 24.2 Å². The smallest absolute Gasteiger partial charge is 0.237 e. The average Bonchev–Trinajstić information content (AvgIpc) is 3.41. The fraction of sp³-hybridized carbons (Fsp3) is 0.517. The second-order valence-electron chi connectivity index (χ2n) is 12.3. The van der Waals surface area contributed by atoms with E-state index in [0.29, 0.717) is 35.5 Å². The van der Waals surface area contributed by atoms with E-state index in [0.717, 1.165) is 5.56 Å². The summed E-state index contributed by atoms with van der Waals surface area (Å²) in [6.07, 6.45) is -0.305. The molecule has 7 atom stereocenters. The van der Waals surface area contributed by atoms with Gasteiger partial charge in [0.1, 0.15) is 11.2 Å². The second-order valence-corrected chi connectivity index (χ2v) is 13.1. The molecule has 0 radical (unpaired) electrons. The molecule has 3 aliphatic rings. The van der Waals surface area contributed by atoms with Crippen LogP contribution in [0.25, 0.3) is 0 Å². The second kappa shape index (κ2) is 9.86. The van der Waals surface area contributed by atoms with Crippen LogP contribution < -0.4 is 10.6 Å².